The normalized spacial score (nSPS) is 10.5. The minimum absolute atomic E-state index is 0.0321. The van der Waals surface area contributed by atoms with Gasteiger partial charge < -0.3 is 15.5 Å². The Morgan fingerprint density at radius 3 is 2.47 bits per heavy atom. The number of nitro groups is 1. The van der Waals surface area contributed by atoms with Crippen molar-refractivity contribution in [2.24, 2.45) is 0 Å². The van der Waals surface area contributed by atoms with Crippen molar-refractivity contribution < 1.29 is 4.92 Å². The van der Waals surface area contributed by atoms with E-state index in [0.717, 1.165) is 19.6 Å². The maximum atomic E-state index is 10.8. The molecule has 0 fully saturated rings. The molecule has 0 bridgehead atoms. The lowest BCUT2D eigenvalue weighted by Gasteiger charge is -2.18. The highest BCUT2D eigenvalue weighted by atomic mass is 16.6. The number of anilines is 2. The zero-order valence-electron chi connectivity index (χ0n) is 11.6. The second-order valence-electron chi connectivity index (χ2n) is 4.06. The summed E-state index contributed by atoms with van der Waals surface area (Å²) in [6.45, 7) is 7.78. The Balaban J connectivity index is 2.67. The molecule has 0 saturated heterocycles. The van der Waals surface area contributed by atoms with Gasteiger partial charge in [-0.25, -0.2) is 4.98 Å². The Morgan fingerprint density at radius 2 is 1.95 bits per heavy atom. The second-order valence-corrected chi connectivity index (χ2v) is 4.06. The molecule has 0 aliphatic carbocycles. The number of nitrogens with zero attached hydrogens (tertiary/aromatic N) is 3. The van der Waals surface area contributed by atoms with E-state index in [2.05, 4.69) is 34.4 Å². The van der Waals surface area contributed by atoms with E-state index in [4.69, 9.17) is 0 Å². The van der Waals surface area contributed by atoms with Crippen molar-refractivity contribution in [3.63, 3.8) is 0 Å². The Kier molecular flexibility index (Phi) is 6.01. The summed E-state index contributed by atoms with van der Waals surface area (Å²) in [5.74, 6) is 1.00. The van der Waals surface area contributed by atoms with Gasteiger partial charge in [-0.1, -0.05) is 13.8 Å². The van der Waals surface area contributed by atoms with Crippen LogP contribution in [0, 0.1) is 10.1 Å². The molecule has 0 spiro atoms. The van der Waals surface area contributed by atoms with Crippen LogP contribution in [0.4, 0.5) is 17.3 Å². The molecule has 0 atom stereocenters. The van der Waals surface area contributed by atoms with Crippen LogP contribution >= 0.6 is 0 Å². The van der Waals surface area contributed by atoms with Crippen LogP contribution in [0.1, 0.15) is 13.8 Å². The highest BCUT2D eigenvalue weighted by Crippen LogP contribution is 2.19. The Hall–Kier alpha value is -1.89. The molecule has 106 valence electrons. The molecule has 1 aromatic rings. The van der Waals surface area contributed by atoms with Crippen LogP contribution in [0.3, 0.4) is 0 Å². The van der Waals surface area contributed by atoms with Crippen molar-refractivity contribution in [3.05, 3.63) is 22.2 Å². The van der Waals surface area contributed by atoms with Crippen molar-refractivity contribution in [2.75, 3.05) is 43.9 Å². The summed E-state index contributed by atoms with van der Waals surface area (Å²) in [5.41, 5.74) is 0.0321. The summed E-state index contributed by atoms with van der Waals surface area (Å²) in [6.07, 6.45) is 0. The molecule has 7 heteroatoms. The number of likely N-dealkylation sites (N-methyl/N-ethyl adjacent to an activating group) is 1. The number of rotatable bonds is 8. The molecule has 1 heterocycles. The van der Waals surface area contributed by atoms with Crippen molar-refractivity contribution in [2.45, 2.75) is 13.8 Å². The fourth-order valence-corrected chi connectivity index (χ4v) is 1.72. The number of nitrogens with one attached hydrogen (secondary N) is 2. The molecule has 19 heavy (non-hydrogen) atoms. The number of pyridine rings is 1. The fourth-order valence-electron chi connectivity index (χ4n) is 1.72. The first-order chi connectivity index (χ1) is 9.10. The lowest BCUT2D eigenvalue weighted by molar-refractivity contribution is -0.384. The van der Waals surface area contributed by atoms with Gasteiger partial charge in [-0.15, -0.1) is 0 Å². The van der Waals surface area contributed by atoms with E-state index in [-0.39, 0.29) is 5.69 Å². The van der Waals surface area contributed by atoms with E-state index in [1.807, 2.05) is 0 Å². The standard InChI is InChI=1S/C12H21N5O2/c1-4-16(5-2)7-6-14-12-9-10(17(18)19)8-11(13-3)15-12/h8-9H,4-7H2,1-3H3,(H2,13,14,15). The average molecular weight is 267 g/mol. The van der Waals surface area contributed by atoms with E-state index in [1.165, 1.54) is 12.1 Å². The number of aromatic nitrogens is 1. The predicted molar refractivity (Wildman–Crippen MR) is 76.7 cm³/mol. The van der Waals surface area contributed by atoms with Gasteiger partial charge in [0.25, 0.3) is 5.69 Å². The number of hydrogen-bond acceptors (Lipinski definition) is 6. The number of hydrogen-bond donors (Lipinski definition) is 2. The summed E-state index contributed by atoms with van der Waals surface area (Å²) >= 11 is 0. The van der Waals surface area contributed by atoms with Gasteiger partial charge in [-0.2, -0.15) is 0 Å². The van der Waals surface area contributed by atoms with Crippen LogP contribution in [0.15, 0.2) is 12.1 Å². The molecule has 0 unspecified atom stereocenters. The van der Waals surface area contributed by atoms with Crippen LogP contribution < -0.4 is 10.6 Å². The van der Waals surface area contributed by atoms with Gasteiger partial charge in [-0.05, 0) is 13.1 Å². The van der Waals surface area contributed by atoms with Crippen LogP contribution in [0.2, 0.25) is 0 Å². The van der Waals surface area contributed by atoms with Gasteiger partial charge in [-0.3, -0.25) is 10.1 Å². The largest absolute Gasteiger partial charge is 0.373 e. The van der Waals surface area contributed by atoms with Gasteiger partial charge >= 0.3 is 0 Å². The highest BCUT2D eigenvalue weighted by molar-refractivity contribution is 5.54. The van der Waals surface area contributed by atoms with E-state index >= 15 is 0 Å². The van der Waals surface area contributed by atoms with Crippen LogP contribution in [-0.2, 0) is 0 Å². The molecule has 0 saturated carbocycles. The molecule has 0 aliphatic rings. The third kappa shape index (κ3) is 4.70. The van der Waals surface area contributed by atoms with Crippen LogP contribution in [0.5, 0.6) is 0 Å². The second kappa shape index (κ2) is 7.52. The first-order valence-electron chi connectivity index (χ1n) is 6.41. The Labute approximate surface area is 113 Å². The van der Waals surface area contributed by atoms with E-state index in [1.54, 1.807) is 7.05 Å². The topological polar surface area (TPSA) is 83.3 Å². The lowest BCUT2D eigenvalue weighted by atomic mass is 10.3. The van der Waals surface area contributed by atoms with E-state index < -0.39 is 4.92 Å². The smallest absolute Gasteiger partial charge is 0.276 e. The van der Waals surface area contributed by atoms with Crippen LogP contribution in [0.25, 0.3) is 0 Å². The third-order valence-corrected chi connectivity index (χ3v) is 2.91. The molecule has 1 aromatic heterocycles. The first-order valence-corrected chi connectivity index (χ1v) is 6.41. The summed E-state index contributed by atoms with van der Waals surface area (Å²) in [7, 11) is 1.69. The summed E-state index contributed by atoms with van der Waals surface area (Å²) in [6, 6.07) is 2.86. The molecule has 0 aliphatic heterocycles. The average Bonchev–Trinajstić information content (AvgIpc) is 2.43. The maximum absolute atomic E-state index is 10.8. The van der Waals surface area contributed by atoms with Crippen LogP contribution in [-0.4, -0.2) is 48.0 Å². The molecule has 1 rings (SSSR count). The van der Waals surface area contributed by atoms with Crippen molar-refractivity contribution >= 4 is 17.3 Å². The molecular weight excluding hydrogens is 246 g/mol. The zero-order chi connectivity index (χ0) is 14.3. The van der Waals surface area contributed by atoms with E-state index in [9.17, 15) is 10.1 Å². The first kappa shape index (κ1) is 15.2. The Morgan fingerprint density at radius 1 is 1.32 bits per heavy atom. The van der Waals surface area contributed by atoms with Crippen molar-refractivity contribution in [3.8, 4) is 0 Å². The SMILES string of the molecule is CCN(CC)CCNc1cc([N+](=O)[O-])cc(NC)n1. The fraction of sp³-hybridized carbons (Fsp3) is 0.583. The molecular formula is C12H21N5O2. The highest BCUT2D eigenvalue weighted by Gasteiger charge is 2.10. The molecule has 7 nitrogen and oxygen atoms in total. The monoisotopic (exact) mass is 267 g/mol. The Bertz CT molecular complexity index is 421. The van der Waals surface area contributed by atoms with Gasteiger partial charge in [0.1, 0.15) is 11.6 Å². The third-order valence-electron chi connectivity index (χ3n) is 2.91. The predicted octanol–water partition coefficient (Wildman–Crippen LogP) is 1.79. The van der Waals surface area contributed by atoms with Gasteiger partial charge in [0.15, 0.2) is 0 Å². The van der Waals surface area contributed by atoms with E-state index in [0.29, 0.717) is 18.2 Å². The summed E-state index contributed by atoms with van der Waals surface area (Å²) in [5, 5.41) is 16.7. The van der Waals surface area contributed by atoms with Crippen molar-refractivity contribution in [1.29, 1.82) is 0 Å². The minimum atomic E-state index is -0.419. The summed E-state index contributed by atoms with van der Waals surface area (Å²) < 4.78 is 0. The molecule has 0 radical (unpaired) electrons. The quantitative estimate of drug-likeness (QED) is 0.552. The van der Waals surface area contributed by atoms with Gasteiger partial charge in [0.05, 0.1) is 17.1 Å². The van der Waals surface area contributed by atoms with Gasteiger partial charge in [0, 0.05) is 20.1 Å². The molecule has 2 N–H and O–H groups in total. The van der Waals surface area contributed by atoms with Crippen molar-refractivity contribution in [1.82, 2.24) is 9.88 Å². The maximum Gasteiger partial charge on any atom is 0.276 e. The lowest BCUT2D eigenvalue weighted by Crippen LogP contribution is -2.28. The summed E-state index contributed by atoms with van der Waals surface area (Å²) in [4.78, 5) is 16.9. The zero-order valence-corrected chi connectivity index (χ0v) is 11.6. The minimum Gasteiger partial charge on any atom is -0.373 e. The van der Waals surface area contributed by atoms with Gasteiger partial charge in [0.2, 0.25) is 0 Å². The molecule has 0 aromatic carbocycles. The molecule has 0 amide bonds.